The Bertz CT molecular complexity index is 5510. The highest BCUT2D eigenvalue weighted by atomic mass is 15.2. The number of aryl methyl sites for hydroxylation is 2. The smallest absolute Gasteiger partial charge is 0.252 e. The molecule has 4 nitrogen and oxygen atoms in total. The highest BCUT2D eigenvalue weighted by Gasteiger charge is 2.47. The molecule has 0 spiro atoms. The minimum Gasteiger partial charge on any atom is -0.310 e. The fourth-order valence-corrected chi connectivity index (χ4v) is 17.4. The number of nitrogens with zero attached hydrogens (tertiary/aromatic N) is 4. The number of rotatable bonds is 11. The van der Waals surface area contributed by atoms with Crippen LogP contribution in [0.15, 0.2) is 279 Å². The Kier molecular flexibility index (Phi) is 15.1. The van der Waals surface area contributed by atoms with Crippen LogP contribution >= 0.6 is 0 Å². The molecule has 0 atom stereocenters. The number of benzene rings is 13. The minimum absolute atomic E-state index is 0.172. The molecule has 101 heavy (non-hydrogen) atoms. The van der Waals surface area contributed by atoms with Crippen LogP contribution in [0.3, 0.4) is 0 Å². The third kappa shape index (κ3) is 10.4. The van der Waals surface area contributed by atoms with E-state index in [-0.39, 0.29) is 17.5 Å². The van der Waals surface area contributed by atoms with Crippen molar-refractivity contribution < 1.29 is 0 Å². The first-order chi connectivity index (χ1) is 49.3. The van der Waals surface area contributed by atoms with Crippen molar-refractivity contribution >= 4 is 101 Å². The number of anilines is 6. The molecule has 0 bridgehead atoms. The molecular weight excluding hydrogens is 1220 g/mol. The summed E-state index contributed by atoms with van der Waals surface area (Å²) in [5.41, 5.74) is 34.0. The molecule has 0 radical (unpaired) electrons. The van der Waals surface area contributed by atoms with E-state index in [1.807, 2.05) is 0 Å². The molecule has 1 fully saturated rings. The zero-order chi connectivity index (χ0) is 68.4. The minimum atomic E-state index is -0.195. The molecule has 0 N–H and O–H groups in total. The van der Waals surface area contributed by atoms with E-state index in [2.05, 4.69) is 353 Å². The summed E-state index contributed by atoms with van der Waals surface area (Å²) >= 11 is 0. The van der Waals surface area contributed by atoms with E-state index in [0.717, 1.165) is 37.1 Å². The number of para-hydroxylation sites is 2. The first kappa shape index (κ1) is 62.4. The van der Waals surface area contributed by atoms with Crippen molar-refractivity contribution in [2.75, 3.05) is 9.80 Å². The molecule has 5 heteroatoms. The Hall–Kier alpha value is -10.9. The number of fused-ring (bicyclic) bond motifs is 10. The van der Waals surface area contributed by atoms with Gasteiger partial charge in [0, 0.05) is 77.9 Å². The summed E-state index contributed by atoms with van der Waals surface area (Å²) in [6, 6.07) is 108. The lowest BCUT2D eigenvalue weighted by Crippen LogP contribution is -2.61. The standard InChI is InChI=1S/C96H85BN4/c1-9-62-44-50-86-80(52-62)81-53-63(10-2)45-51-87(81)99(86)73-47-49-83-89(61-73)101(94-78(67-36-22-14-23-37-67)58-71(96(6,7)8)59-79(94)68-38-24-15-25-39-68)91-55-69(64-30-16-11-17-31-64)54-90-92(91)97(83)82-48-46-72(98-84-42-28-26-40-74(84)75-41-27-29-43-85(75)98)60-88(82)100(90)93-76(65-32-18-12-19-33-65)56-70(95(3,4)5)57-77(93)66-34-20-13-21-35-66/h12-15,18-29,32-61,64H,9-11,16-17,30-31H2,1-8H3. The lowest BCUT2D eigenvalue weighted by molar-refractivity contribution is 0.444. The van der Waals surface area contributed by atoms with Gasteiger partial charge < -0.3 is 18.9 Å². The Labute approximate surface area is 595 Å². The van der Waals surface area contributed by atoms with Gasteiger partial charge in [-0.15, -0.1) is 0 Å². The average Bonchev–Trinajstić information content (AvgIpc) is 1.39. The van der Waals surface area contributed by atoms with Crippen molar-refractivity contribution in [1.29, 1.82) is 0 Å². The predicted octanol–water partition coefficient (Wildman–Crippen LogP) is 24.4. The quantitative estimate of drug-likeness (QED) is 0.120. The van der Waals surface area contributed by atoms with Gasteiger partial charge in [0.15, 0.2) is 0 Å². The fourth-order valence-electron chi connectivity index (χ4n) is 17.4. The summed E-state index contributed by atoms with van der Waals surface area (Å²) in [4.78, 5) is 5.58. The van der Waals surface area contributed by atoms with Gasteiger partial charge in [-0.05, 0) is 206 Å². The van der Waals surface area contributed by atoms with Crippen LogP contribution in [0.25, 0.3) is 99.5 Å². The third-order valence-electron chi connectivity index (χ3n) is 22.7. The second kappa shape index (κ2) is 24.5. The molecule has 1 saturated carbocycles. The van der Waals surface area contributed by atoms with Gasteiger partial charge in [0.2, 0.25) is 0 Å². The van der Waals surface area contributed by atoms with Crippen LogP contribution in [0.2, 0.25) is 0 Å². The predicted molar refractivity (Wildman–Crippen MR) is 433 cm³/mol. The normalized spacial score (nSPS) is 13.9. The van der Waals surface area contributed by atoms with E-state index >= 15 is 0 Å². The van der Waals surface area contributed by atoms with Crippen molar-refractivity contribution in [2.24, 2.45) is 0 Å². The van der Waals surface area contributed by atoms with Crippen molar-refractivity contribution in [3.05, 3.63) is 307 Å². The van der Waals surface area contributed by atoms with Crippen molar-refractivity contribution in [3.8, 4) is 55.9 Å². The summed E-state index contributed by atoms with van der Waals surface area (Å²) in [5, 5.41) is 5.09. The third-order valence-corrected chi connectivity index (χ3v) is 22.7. The van der Waals surface area contributed by atoms with Gasteiger partial charge in [0.05, 0.1) is 33.4 Å². The zero-order valence-electron chi connectivity index (χ0n) is 59.5. The molecule has 0 saturated heterocycles. The largest absolute Gasteiger partial charge is 0.310 e. The summed E-state index contributed by atoms with van der Waals surface area (Å²) in [6.07, 6.45) is 7.89. The van der Waals surface area contributed by atoms with Gasteiger partial charge >= 0.3 is 0 Å². The number of hydrogen-bond acceptors (Lipinski definition) is 2. The average molecular weight is 1310 g/mol. The summed E-state index contributed by atoms with van der Waals surface area (Å²) in [5.74, 6) is 0.347. The highest BCUT2D eigenvalue weighted by Crippen LogP contribution is 2.56. The molecule has 3 aliphatic rings. The van der Waals surface area contributed by atoms with Gasteiger partial charge in [-0.25, -0.2) is 0 Å². The van der Waals surface area contributed by atoms with Crippen LogP contribution < -0.4 is 26.2 Å². The maximum atomic E-state index is 2.80. The molecule has 492 valence electrons. The number of aromatic nitrogens is 2. The highest BCUT2D eigenvalue weighted by molar-refractivity contribution is 7.00. The molecular formula is C96H85BN4. The van der Waals surface area contributed by atoms with Gasteiger partial charge in [0.25, 0.3) is 6.71 Å². The van der Waals surface area contributed by atoms with E-state index < -0.39 is 0 Å². The van der Waals surface area contributed by atoms with Gasteiger partial charge in [-0.2, -0.15) is 0 Å². The van der Waals surface area contributed by atoms with E-state index in [1.54, 1.807) is 0 Å². The van der Waals surface area contributed by atoms with Gasteiger partial charge in [-0.3, -0.25) is 0 Å². The first-order valence-electron chi connectivity index (χ1n) is 37.0. The Morgan fingerprint density at radius 2 is 0.693 bits per heavy atom. The first-order valence-corrected chi connectivity index (χ1v) is 37.0. The topological polar surface area (TPSA) is 16.3 Å². The maximum absolute atomic E-state index is 2.80. The number of hydrogen-bond donors (Lipinski definition) is 0. The molecule has 0 unspecified atom stereocenters. The summed E-state index contributed by atoms with van der Waals surface area (Å²) < 4.78 is 5.10. The molecule has 4 heterocycles. The van der Waals surface area contributed by atoms with Crippen LogP contribution in [-0.4, -0.2) is 15.8 Å². The lowest BCUT2D eigenvalue weighted by atomic mass is 9.33. The Morgan fingerprint density at radius 3 is 1.06 bits per heavy atom. The molecule has 2 aromatic heterocycles. The molecule has 15 aromatic rings. The molecule has 1 aliphatic carbocycles. The van der Waals surface area contributed by atoms with Crippen molar-refractivity contribution in [3.63, 3.8) is 0 Å². The van der Waals surface area contributed by atoms with Gasteiger partial charge in [-0.1, -0.05) is 257 Å². The van der Waals surface area contributed by atoms with E-state index in [0.29, 0.717) is 5.92 Å². The van der Waals surface area contributed by atoms with Crippen LogP contribution in [0, 0.1) is 0 Å². The van der Waals surface area contributed by atoms with Crippen LogP contribution in [0.4, 0.5) is 34.1 Å². The van der Waals surface area contributed by atoms with Gasteiger partial charge in [0.1, 0.15) is 0 Å². The molecule has 13 aromatic carbocycles. The molecule has 18 rings (SSSR count). The van der Waals surface area contributed by atoms with Crippen molar-refractivity contribution in [1.82, 2.24) is 9.13 Å². The Balaban J connectivity index is 1.03. The SMILES string of the molecule is CCc1ccc2c(c1)c1cc(CC)ccc1n2-c1ccc2c(c1)N(c1c(-c3ccccc3)cc(C(C)(C)C)cc1-c1ccccc1)c1cc(C3CCCCC3)cc3c1B2c1ccc(-n2c4ccccc4c4ccccc42)cc1N3c1c(-c2ccccc2)cc(C(C)(C)C)cc1-c1ccccc1. The summed E-state index contributed by atoms with van der Waals surface area (Å²) in [7, 11) is 0. The lowest BCUT2D eigenvalue weighted by Gasteiger charge is -2.46. The molecule has 2 aliphatic heterocycles. The van der Waals surface area contributed by atoms with E-state index in [9.17, 15) is 0 Å². The van der Waals surface area contributed by atoms with Crippen LogP contribution in [0.1, 0.15) is 121 Å². The summed E-state index contributed by atoms with van der Waals surface area (Å²) in [6.45, 7) is 18.6. The fraction of sp³-hybridized carbons (Fsp3) is 0.188. The molecule has 0 amide bonds. The van der Waals surface area contributed by atoms with Crippen LogP contribution in [-0.2, 0) is 23.7 Å². The second-order valence-electron chi connectivity index (χ2n) is 30.8. The second-order valence-corrected chi connectivity index (χ2v) is 30.8. The van der Waals surface area contributed by atoms with Crippen molar-refractivity contribution in [2.45, 2.75) is 117 Å². The van der Waals surface area contributed by atoms with Crippen LogP contribution in [0.5, 0.6) is 0 Å². The maximum Gasteiger partial charge on any atom is 0.252 e. The monoisotopic (exact) mass is 1300 g/mol. The zero-order valence-corrected chi connectivity index (χ0v) is 59.5. The van der Waals surface area contributed by atoms with E-state index in [4.69, 9.17) is 0 Å². The Morgan fingerprint density at radius 1 is 0.337 bits per heavy atom. The van der Waals surface area contributed by atoms with E-state index in [1.165, 1.54) is 186 Å².